The molecule has 0 aromatic heterocycles. The molecule has 3 amide bonds. The number of ether oxygens (including phenoxy) is 2. The third-order valence-corrected chi connectivity index (χ3v) is 4.32. The van der Waals surface area contributed by atoms with E-state index in [0.717, 1.165) is 0 Å². The van der Waals surface area contributed by atoms with Crippen LogP contribution in [0.3, 0.4) is 0 Å². The van der Waals surface area contributed by atoms with Gasteiger partial charge in [0.2, 0.25) is 11.8 Å². The Morgan fingerprint density at radius 2 is 1.82 bits per heavy atom. The van der Waals surface area contributed by atoms with Crippen molar-refractivity contribution in [2.24, 2.45) is 0 Å². The predicted molar refractivity (Wildman–Crippen MR) is 128 cm³/mol. The first kappa shape index (κ1) is 28.2. The lowest BCUT2D eigenvalue weighted by Crippen LogP contribution is -2.48. The van der Waals surface area contributed by atoms with Gasteiger partial charge >= 0.3 is 12.1 Å². The summed E-state index contributed by atoms with van der Waals surface area (Å²) < 4.78 is 10.0. The Morgan fingerprint density at radius 3 is 2.35 bits per heavy atom. The third-order valence-electron chi connectivity index (χ3n) is 4.32. The molecule has 9 heteroatoms. The second-order valence-electron chi connectivity index (χ2n) is 8.21. The van der Waals surface area contributed by atoms with Gasteiger partial charge in [-0.25, -0.2) is 4.79 Å². The molecule has 9 nitrogen and oxygen atoms in total. The summed E-state index contributed by atoms with van der Waals surface area (Å²) in [6.07, 6.45) is 6.12. The molecule has 0 aliphatic rings. The fraction of sp³-hybridized carbons (Fsp3) is 0.440. The van der Waals surface area contributed by atoms with E-state index < -0.39 is 42.1 Å². The number of esters is 1. The van der Waals surface area contributed by atoms with E-state index >= 15 is 0 Å². The first-order valence-electron chi connectivity index (χ1n) is 10.9. The average molecular weight is 472 g/mol. The van der Waals surface area contributed by atoms with Crippen molar-refractivity contribution < 1.29 is 28.7 Å². The number of hydrogen-bond donors (Lipinski definition) is 2. The molecule has 0 saturated carbocycles. The molecule has 0 saturated heterocycles. The van der Waals surface area contributed by atoms with Crippen LogP contribution in [0, 0.1) is 12.3 Å². The Morgan fingerprint density at radius 1 is 1.18 bits per heavy atom. The molecule has 2 N–H and O–H groups in total. The fourth-order valence-electron chi connectivity index (χ4n) is 2.91. The molecule has 0 spiro atoms. The molecule has 0 bridgehead atoms. The van der Waals surface area contributed by atoms with Gasteiger partial charge in [-0.3, -0.25) is 14.4 Å². The number of nitrogens with zero attached hydrogens (tertiary/aromatic N) is 1. The quantitative estimate of drug-likeness (QED) is 0.291. The molecule has 1 unspecified atom stereocenters. The molecule has 0 aliphatic carbocycles. The highest BCUT2D eigenvalue weighted by Crippen LogP contribution is 2.22. The van der Waals surface area contributed by atoms with Crippen LogP contribution in [-0.4, -0.2) is 60.6 Å². The van der Waals surface area contributed by atoms with Crippen molar-refractivity contribution in [3.8, 4) is 12.3 Å². The van der Waals surface area contributed by atoms with Gasteiger partial charge in [0.25, 0.3) is 0 Å². The maximum Gasteiger partial charge on any atom is 0.408 e. The number of carbonyl (C=O) groups is 4. The number of hydrogen-bond acceptors (Lipinski definition) is 6. The number of terminal acetylenes is 1. The van der Waals surface area contributed by atoms with E-state index in [1.165, 1.54) is 11.0 Å². The van der Waals surface area contributed by atoms with Gasteiger partial charge < -0.3 is 25.0 Å². The van der Waals surface area contributed by atoms with E-state index in [0.29, 0.717) is 11.1 Å². The van der Waals surface area contributed by atoms with E-state index in [2.05, 4.69) is 23.1 Å². The minimum atomic E-state index is -1.06. The number of rotatable bonds is 11. The van der Waals surface area contributed by atoms with Crippen molar-refractivity contribution in [3.05, 3.63) is 48.0 Å². The first-order valence-corrected chi connectivity index (χ1v) is 10.9. The topological polar surface area (TPSA) is 114 Å². The predicted octanol–water partition coefficient (Wildman–Crippen LogP) is 2.32. The molecule has 1 atom stereocenters. The van der Waals surface area contributed by atoms with E-state index in [9.17, 15) is 19.2 Å². The number of amides is 3. The molecule has 34 heavy (non-hydrogen) atoms. The molecule has 1 rings (SSSR count). The summed E-state index contributed by atoms with van der Waals surface area (Å²) >= 11 is 0. The van der Waals surface area contributed by atoms with Crippen LogP contribution in [-0.2, 0) is 23.9 Å². The van der Waals surface area contributed by atoms with Gasteiger partial charge in [0.05, 0.1) is 13.0 Å². The van der Waals surface area contributed by atoms with Gasteiger partial charge in [-0.05, 0) is 45.4 Å². The van der Waals surface area contributed by atoms with Gasteiger partial charge in [-0.1, -0.05) is 24.1 Å². The molecule has 0 radical (unpaired) electrons. The van der Waals surface area contributed by atoms with E-state index in [1.54, 1.807) is 52.0 Å². The van der Waals surface area contributed by atoms with Crippen LogP contribution in [0.25, 0.3) is 0 Å². The number of carbonyl (C=O) groups excluding carboxylic acids is 4. The van der Waals surface area contributed by atoms with Gasteiger partial charge in [-0.15, -0.1) is 13.0 Å². The Balaban J connectivity index is 3.10. The van der Waals surface area contributed by atoms with Crippen LogP contribution < -0.4 is 10.6 Å². The highest BCUT2D eigenvalue weighted by Gasteiger charge is 2.31. The van der Waals surface area contributed by atoms with Gasteiger partial charge in [0, 0.05) is 18.7 Å². The Kier molecular flexibility index (Phi) is 11.4. The van der Waals surface area contributed by atoms with E-state index in [4.69, 9.17) is 15.9 Å². The zero-order valence-electron chi connectivity index (χ0n) is 20.2. The molecule has 1 aromatic rings. The van der Waals surface area contributed by atoms with E-state index in [1.807, 2.05) is 0 Å². The van der Waals surface area contributed by atoms with Gasteiger partial charge in [0.15, 0.2) is 0 Å². The van der Waals surface area contributed by atoms with Crippen molar-refractivity contribution in [3.63, 3.8) is 0 Å². The number of alkyl carbamates (subject to hydrolysis) is 1. The number of benzene rings is 1. The molecular formula is C25H33N3O6. The van der Waals surface area contributed by atoms with Crippen LogP contribution in [0.2, 0.25) is 0 Å². The summed E-state index contributed by atoms with van der Waals surface area (Å²) in [5.41, 5.74) is 0.382. The maximum atomic E-state index is 13.1. The lowest BCUT2D eigenvalue weighted by molar-refractivity contribution is -0.143. The van der Waals surface area contributed by atoms with Crippen molar-refractivity contribution in [2.45, 2.75) is 45.8 Å². The summed E-state index contributed by atoms with van der Waals surface area (Å²) in [4.78, 5) is 51.0. The highest BCUT2D eigenvalue weighted by molar-refractivity contribution is 5.90. The zero-order valence-corrected chi connectivity index (χ0v) is 20.2. The minimum Gasteiger partial charge on any atom is -0.466 e. The molecule has 0 fully saturated rings. The van der Waals surface area contributed by atoms with Crippen molar-refractivity contribution in [1.29, 1.82) is 0 Å². The lowest BCUT2D eigenvalue weighted by Gasteiger charge is -2.31. The third kappa shape index (κ3) is 9.77. The fourth-order valence-corrected chi connectivity index (χ4v) is 2.91. The average Bonchev–Trinajstić information content (AvgIpc) is 2.76. The Labute approximate surface area is 200 Å². The monoisotopic (exact) mass is 471 g/mol. The summed E-state index contributed by atoms with van der Waals surface area (Å²) in [6.45, 7) is 10.4. The molecule has 184 valence electrons. The summed E-state index contributed by atoms with van der Waals surface area (Å²) in [6, 6.07) is 5.55. The SMILES string of the molecule is C#Cc1ccc(C(C(=O)NCCC(=O)OCC)N(CC=C)C(=O)CNC(=O)OC(C)(C)C)cc1. The normalized spacial score (nSPS) is 11.4. The molecule has 1 aromatic carbocycles. The van der Waals surface area contributed by atoms with Crippen LogP contribution in [0.15, 0.2) is 36.9 Å². The van der Waals surface area contributed by atoms with Crippen molar-refractivity contribution in [1.82, 2.24) is 15.5 Å². The second-order valence-corrected chi connectivity index (χ2v) is 8.21. The molecular weight excluding hydrogens is 438 g/mol. The van der Waals surface area contributed by atoms with E-state index in [-0.39, 0.29) is 26.1 Å². The Bertz CT molecular complexity index is 912. The standard InChI is InChI=1S/C25H33N3O6/c1-7-16-28(20(29)17-27-24(32)34-25(4,5)6)22(19-12-10-18(8-2)11-13-19)23(31)26-15-14-21(30)33-9-3/h2,7,10-13,22H,1,9,14-17H2,3-6H3,(H,26,31)(H,27,32). The molecule has 0 heterocycles. The second kappa shape index (κ2) is 13.7. The highest BCUT2D eigenvalue weighted by atomic mass is 16.6. The minimum absolute atomic E-state index is 0.0159. The molecule has 0 aliphatic heterocycles. The van der Waals surface area contributed by atoms with Crippen LogP contribution in [0.1, 0.15) is 51.3 Å². The van der Waals surface area contributed by atoms with Crippen LogP contribution in [0.4, 0.5) is 4.79 Å². The maximum absolute atomic E-state index is 13.1. The zero-order chi connectivity index (χ0) is 25.7. The van der Waals surface area contributed by atoms with Gasteiger partial charge in [0.1, 0.15) is 18.2 Å². The largest absolute Gasteiger partial charge is 0.466 e. The summed E-state index contributed by atoms with van der Waals surface area (Å²) in [7, 11) is 0. The van der Waals surface area contributed by atoms with Crippen molar-refractivity contribution in [2.75, 3.05) is 26.2 Å². The summed E-state index contributed by atoms with van der Waals surface area (Å²) in [5, 5.41) is 5.08. The van der Waals surface area contributed by atoms with Crippen molar-refractivity contribution >= 4 is 23.9 Å². The van der Waals surface area contributed by atoms with Crippen LogP contribution in [0.5, 0.6) is 0 Å². The Hall–Kier alpha value is -3.80. The summed E-state index contributed by atoms with van der Waals surface area (Å²) in [5.74, 6) is 1.01. The van der Waals surface area contributed by atoms with Gasteiger partial charge in [-0.2, -0.15) is 0 Å². The van der Waals surface area contributed by atoms with Crippen LogP contribution >= 0.6 is 0 Å². The number of nitrogens with one attached hydrogen (secondary N) is 2. The first-order chi connectivity index (χ1) is 16.0. The lowest BCUT2D eigenvalue weighted by atomic mass is 10.0. The smallest absolute Gasteiger partial charge is 0.408 e.